The number of carbonyl (C=O) groups excluding carboxylic acids is 2. The first-order valence-electron chi connectivity index (χ1n) is 9.71. The molecule has 1 aliphatic carbocycles. The van der Waals surface area contributed by atoms with Gasteiger partial charge in [-0.25, -0.2) is 4.79 Å². The van der Waals surface area contributed by atoms with Crippen LogP contribution in [-0.2, 0) is 10.2 Å². The van der Waals surface area contributed by atoms with Gasteiger partial charge in [0.15, 0.2) is 0 Å². The van der Waals surface area contributed by atoms with E-state index in [2.05, 4.69) is 22.8 Å². The van der Waals surface area contributed by atoms with Crippen LogP contribution in [0.15, 0.2) is 54.6 Å². The van der Waals surface area contributed by atoms with Crippen molar-refractivity contribution in [3.05, 3.63) is 65.7 Å². The molecule has 5 heteroatoms. The molecule has 2 N–H and O–H groups in total. The van der Waals surface area contributed by atoms with Crippen LogP contribution in [0, 0.1) is 0 Å². The molecule has 2 amide bonds. The van der Waals surface area contributed by atoms with Crippen molar-refractivity contribution in [3.8, 4) is 0 Å². The van der Waals surface area contributed by atoms with E-state index < -0.39 is 11.7 Å². The van der Waals surface area contributed by atoms with Crippen molar-refractivity contribution in [2.45, 2.75) is 51.0 Å². The molecule has 0 bridgehead atoms. The average molecular weight is 380 g/mol. The Hall–Kier alpha value is -2.82. The molecule has 0 atom stereocenters. The summed E-state index contributed by atoms with van der Waals surface area (Å²) in [6.07, 6.45) is 2.80. The summed E-state index contributed by atoms with van der Waals surface area (Å²) >= 11 is 0. The van der Waals surface area contributed by atoms with Crippen LogP contribution in [0.1, 0.15) is 56.0 Å². The van der Waals surface area contributed by atoms with Crippen molar-refractivity contribution in [3.63, 3.8) is 0 Å². The minimum atomic E-state index is -0.576. The fourth-order valence-electron chi connectivity index (χ4n) is 3.47. The molecule has 0 unspecified atom stereocenters. The molecule has 1 saturated carbocycles. The molecule has 0 aromatic heterocycles. The SMILES string of the molecule is CC(C)(C)OC(=O)Nc1cccc(C(=O)NCC2(c3ccccc3)CCC2)c1. The van der Waals surface area contributed by atoms with E-state index in [0.717, 1.165) is 12.8 Å². The first kappa shape index (κ1) is 19.9. The summed E-state index contributed by atoms with van der Waals surface area (Å²) in [7, 11) is 0. The summed E-state index contributed by atoms with van der Waals surface area (Å²) in [5, 5.41) is 5.75. The number of nitrogens with one attached hydrogen (secondary N) is 2. The van der Waals surface area contributed by atoms with Gasteiger partial charge >= 0.3 is 6.09 Å². The number of amides is 2. The topological polar surface area (TPSA) is 67.4 Å². The molecule has 0 aliphatic heterocycles. The molecule has 0 saturated heterocycles. The van der Waals surface area contributed by atoms with Crippen LogP contribution in [0.3, 0.4) is 0 Å². The van der Waals surface area contributed by atoms with Crippen LogP contribution in [0.25, 0.3) is 0 Å². The second kappa shape index (κ2) is 8.05. The minimum absolute atomic E-state index is 0.0310. The Balaban J connectivity index is 1.63. The van der Waals surface area contributed by atoms with E-state index in [0.29, 0.717) is 17.8 Å². The largest absolute Gasteiger partial charge is 0.444 e. The molecular weight excluding hydrogens is 352 g/mol. The predicted octanol–water partition coefficient (Wildman–Crippen LogP) is 4.89. The third-order valence-corrected chi connectivity index (χ3v) is 5.05. The van der Waals surface area contributed by atoms with Gasteiger partial charge in [-0.2, -0.15) is 0 Å². The standard InChI is InChI=1S/C23H28N2O3/c1-22(2,3)28-21(27)25-19-12-7-9-17(15-19)20(26)24-16-23(13-8-14-23)18-10-5-4-6-11-18/h4-7,9-12,15H,8,13-14,16H2,1-3H3,(H,24,26)(H,25,27). The molecule has 1 aliphatic rings. The van der Waals surface area contributed by atoms with Crippen LogP contribution in [0.4, 0.5) is 10.5 Å². The average Bonchev–Trinajstić information content (AvgIpc) is 2.60. The molecule has 0 spiro atoms. The van der Waals surface area contributed by atoms with Crippen molar-refractivity contribution < 1.29 is 14.3 Å². The summed E-state index contributed by atoms with van der Waals surface area (Å²) in [5.41, 5.74) is 1.78. The van der Waals surface area contributed by atoms with Crippen molar-refractivity contribution in [1.82, 2.24) is 5.32 Å². The third kappa shape index (κ3) is 4.91. The number of hydrogen-bond donors (Lipinski definition) is 2. The fraction of sp³-hybridized carbons (Fsp3) is 0.391. The van der Waals surface area contributed by atoms with Gasteiger partial charge in [-0.05, 0) is 57.4 Å². The summed E-state index contributed by atoms with van der Waals surface area (Å²) in [5.74, 6) is -0.143. The van der Waals surface area contributed by atoms with Gasteiger partial charge in [0.1, 0.15) is 5.60 Å². The number of anilines is 1. The molecule has 3 rings (SSSR count). The van der Waals surface area contributed by atoms with Gasteiger partial charge in [0.05, 0.1) is 0 Å². The van der Waals surface area contributed by atoms with Gasteiger partial charge in [0.25, 0.3) is 5.91 Å². The van der Waals surface area contributed by atoms with E-state index in [4.69, 9.17) is 4.74 Å². The number of ether oxygens (including phenoxy) is 1. The Bertz CT molecular complexity index is 836. The number of rotatable bonds is 5. The van der Waals surface area contributed by atoms with Gasteiger partial charge in [0.2, 0.25) is 0 Å². The van der Waals surface area contributed by atoms with E-state index in [1.165, 1.54) is 12.0 Å². The number of hydrogen-bond acceptors (Lipinski definition) is 3. The maximum absolute atomic E-state index is 12.7. The summed E-state index contributed by atoms with van der Waals surface area (Å²) in [6.45, 7) is 6.03. The molecule has 2 aromatic rings. The lowest BCUT2D eigenvalue weighted by Crippen LogP contribution is -2.45. The highest BCUT2D eigenvalue weighted by Crippen LogP contribution is 2.43. The normalized spacial score (nSPS) is 15.2. The Morgan fingerprint density at radius 2 is 1.75 bits per heavy atom. The first-order chi connectivity index (χ1) is 13.3. The van der Waals surface area contributed by atoms with E-state index >= 15 is 0 Å². The van der Waals surface area contributed by atoms with E-state index in [1.807, 2.05) is 18.2 Å². The Morgan fingerprint density at radius 3 is 2.36 bits per heavy atom. The van der Waals surface area contributed by atoms with Crippen molar-refractivity contribution in [1.29, 1.82) is 0 Å². The lowest BCUT2D eigenvalue weighted by molar-refractivity contribution is 0.0635. The Labute approximate surface area is 166 Å². The zero-order valence-electron chi connectivity index (χ0n) is 16.7. The van der Waals surface area contributed by atoms with Crippen LogP contribution >= 0.6 is 0 Å². The van der Waals surface area contributed by atoms with E-state index in [-0.39, 0.29) is 11.3 Å². The molecule has 28 heavy (non-hydrogen) atoms. The predicted molar refractivity (Wildman–Crippen MR) is 111 cm³/mol. The minimum Gasteiger partial charge on any atom is -0.444 e. The lowest BCUT2D eigenvalue weighted by atomic mass is 9.64. The van der Waals surface area contributed by atoms with Gasteiger partial charge in [-0.1, -0.05) is 42.8 Å². The van der Waals surface area contributed by atoms with Crippen molar-refractivity contribution in [2.24, 2.45) is 0 Å². The highest BCUT2D eigenvalue weighted by Gasteiger charge is 2.38. The highest BCUT2D eigenvalue weighted by molar-refractivity contribution is 5.96. The zero-order chi connectivity index (χ0) is 20.2. The third-order valence-electron chi connectivity index (χ3n) is 5.05. The number of carbonyl (C=O) groups is 2. The highest BCUT2D eigenvalue weighted by atomic mass is 16.6. The van der Waals surface area contributed by atoms with E-state index in [9.17, 15) is 9.59 Å². The molecule has 0 heterocycles. The second-order valence-electron chi connectivity index (χ2n) is 8.39. The maximum Gasteiger partial charge on any atom is 0.412 e. The van der Waals surface area contributed by atoms with Crippen LogP contribution in [0.5, 0.6) is 0 Å². The summed E-state index contributed by atoms with van der Waals surface area (Å²) < 4.78 is 5.25. The lowest BCUT2D eigenvalue weighted by Gasteiger charge is -2.42. The molecular formula is C23H28N2O3. The molecule has 148 valence electrons. The Kier molecular flexibility index (Phi) is 5.73. The number of benzene rings is 2. The summed E-state index contributed by atoms with van der Waals surface area (Å²) in [4.78, 5) is 24.6. The smallest absolute Gasteiger partial charge is 0.412 e. The maximum atomic E-state index is 12.7. The first-order valence-corrected chi connectivity index (χ1v) is 9.71. The van der Waals surface area contributed by atoms with Gasteiger partial charge in [-0.3, -0.25) is 10.1 Å². The van der Waals surface area contributed by atoms with E-state index in [1.54, 1.807) is 45.0 Å². The van der Waals surface area contributed by atoms with Gasteiger partial charge in [-0.15, -0.1) is 0 Å². The second-order valence-corrected chi connectivity index (χ2v) is 8.39. The van der Waals surface area contributed by atoms with Crippen LogP contribution in [-0.4, -0.2) is 24.1 Å². The molecule has 2 aromatic carbocycles. The van der Waals surface area contributed by atoms with Crippen LogP contribution in [0.2, 0.25) is 0 Å². The summed E-state index contributed by atoms with van der Waals surface area (Å²) in [6, 6.07) is 17.3. The van der Waals surface area contributed by atoms with Gasteiger partial charge in [0, 0.05) is 23.2 Å². The monoisotopic (exact) mass is 380 g/mol. The van der Waals surface area contributed by atoms with Gasteiger partial charge < -0.3 is 10.1 Å². The molecule has 5 nitrogen and oxygen atoms in total. The Morgan fingerprint density at radius 1 is 1.04 bits per heavy atom. The zero-order valence-corrected chi connectivity index (χ0v) is 16.7. The quantitative estimate of drug-likeness (QED) is 0.776. The van der Waals surface area contributed by atoms with Crippen molar-refractivity contribution >= 4 is 17.7 Å². The molecule has 0 radical (unpaired) electrons. The molecule has 1 fully saturated rings. The van der Waals surface area contributed by atoms with Crippen LogP contribution < -0.4 is 10.6 Å². The fourth-order valence-corrected chi connectivity index (χ4v) is 3.47. The van der Waals surface area contributed by atoms with Crippen molar-refractivity contribution in [2.75, 3.05) is 11.9 Å².